The quantitative estimate of drug-likeness (QED) is 0.918. The second-order valence-electron chi connectivity index (χ2n) is 5.48. The number of nitrogens with one attached hydrogen (secondary N) is 1. The highest BCUT2D eigenvalue weighted by molar-refractivity contribution is 7.09. The van der Waals surface area contributed by atoms with Crippen LogP contribution in [0.5, 0.6) is 0 Å². The first-order chi connectivity index (χ1) is 9.04. The average molecular weight is 281 g/mol. The number of piperazine rings is 1. The second kappa shape index (κ2) is 6.48. The molecule has 1 fully saturated rings. The third kappa shape index (κ3) is 4.28. The molecule has 2 rings (SSSR count). The van der Waals surface area contributed by atoms with Crippen molar-refractivity contribution >= 4 is 17.2 Å². The number of aryl methyl sites for hydroxylation is 2. The van der Waals surface area contributed by atoms with Gasteiger partial charge in [-0.1, -0.05) is 0 Å². The predicted molar refractivity (Wildman–Crippen MR) is 78.4 cm³/mol. The summed E-state index contributed by atoms with van der Waals surface area (Å²) in [6, 6.07) is 0.794. The van der Waals surface area contributed by atoms with Gasteiger partial charge in [0.15, 0.2) is 0 Å². The number of nitrogens with zero attached hydrogens (tertiary/aromatic N) is 2. The van der Waals surface area contributed by atoms with Crippen molar-refractivity contribution in [2.75, 3.05) is 13.1 Å². The molecule has 0 unspecified atom stereocenters. The van der Waals surface area contributed by atoms with Gasteiger partial charge in [0.2, 0.25) is 5.91 Å². The maximum Gasteiger partial charge on any atom is 0.222 e. The highest BCUT2D eigenvalue weighted by atomic mass is 32.1. The van der Waals surface area contributed by atoms with E-state index in [1.165, 1.54) is 0 Å². The maximum absolute atomic E-state index is 12.2. The number of hydrogen-bond acceptors (Lipinski definition) is 4. The van der Waals surface area contributed by atoms with Crippen LogP contribution in [-0.4, -0.2) is 41.0 Å². The van der Waals surface area contributed by atoms with E-state index < -0.39 is 0 Å². The van der Waals surface area contributed by atoms with Crippen molar-refractivity contribution in [2.45, 2.75) is 52.1 Å². The minimum absolute atomic E-state index is 0.284. The van der Waals surface area contributed by atoms with Crippen molar-refractivity contribution in [3.63, 3.8) is 0 Å². The standard InChI is InChI=1S/C14H23N3OS/c1-10-7-17(8-11(2)15-10)14(18)6-4-5-13-9-19-12(3)16-13/h9-11,15H,4-8H2,1-3H3/t10-,11-/m1/s1. The van der Waals surface area contributed by atoms with Gasteiger partial charge in [-0.2, -0.15) is 0 Å². The van der Waals surface area contributed by atoms with Gasteiger partial charge in [-0.15, -0.1) is 11.3 Å². The minimum atomic E-state index is 0.284. The summed E-state index contributed by atoms with van der Waals surface area (Å²) < 4.78 is 0. The van der Waals surface area contributed by atoms with Crippen LogP contribution in [0.4, 0.5) is 0 Å². The van der Waals surface area contributed by atoms with Gasteiger partial charge in [-0.25, -0.2) is 4.98 Å². The molecule has 0 spiro atoms. The fraction of sp³-hybridized carbons (Fsp3) is 0.714. The third-order valence-corrected chi connectivity index (χ3v) is 4.22. The zero-order chi connectivity index (χ0) is 13.8. The van der Waals surface area contributed by atoms with E-state index in [-0.39, 0.29) is 5.91 Å². The van der Waals surface area contributed by atoms with E-state index in [4.69, 9.17) is 0 Å². The molecule has 0 bridgehead atoms. The SMILES string of the molecule is Cc1nc(CCCC(=O)N2C[C@@H](C)N[C@H](C)C2)cs1. The van der Waals surface area contributed by atoms with Gasteiger partial charge in [0.05, 0.1) is 10.7 Å². The van der Waals surface area contributed by atoms with E-state index in [0.29, 0.717) is 18.5 Å². The molecular weight excluding hydrogens is 258 g/mol. The number of amides is 1. The molecule has 0 radical (unpaired) electrons. The van der Waals surface area contributed by atoms with E-state index in [1.54, 1.807) is 11.3 Å². The molecule has 19 heavy (non-hydrogen) atoms. The maximum atomic E-state index is 12.2. The van der Waals surface area contributed by atoms with E-state index in [2.05, 4.69) is 29.5 Å². The topological polar surface area (TPSA) is 45.2 Å². The van der Waals surface area contributed by atoms with Gasteiger partial charge in [0.1, 0.15) is 0 Å². The zero-order valence-corrected chi connectivity index (χ0v) is 12.8. The van der Waals surface area contributed by atoms with Gasteiger partial charge < -0.3 is 10.2 Å². The Labute approximate surface area is 119 Å². The zero-order valence-electron chi connectivity index (χ0n) is 12.0. The number of aromatic nitrogens is 1. The molecule has 0 saturated carbocycles. The first kappa shape index (κ1) is 14.5. The summed E-state index contributed by atoms with van der Waals surface area (Å²) in [7, 11) is 0. The average Bonchev–Trinajstić information content (AvgIpc) is 2.73. The first-order valence-corrected chi connectivity index (χ1v) is 7.87. The molecule has 2 heterocycles. The second-order valence-corrected chi connectivity index (χ2v) is 6.54. The molecule has 0 aromatic carbocycles. The highest BCUT2D eigenvalue weighted by Gasteiger charge is 2.24. The molecule has 5 heteroatoms. The lowest BCUT2D eigenvalue weighted by molar-refractivity contribution is -0.133. The van der Waals surface area contributed by atoms with Crippen molar-refractivity contribution < 1.29 is 4.79 Å². The van der Waals surface area contributed by atoms with Crippen LogP contribution in [-0.2, 0) is 11.2 Å². The summed E-state index contributed by atoms with van der Waals surface area (Å²) in [6.07, 6.45) is 2.44. The number of carbonyl (C=O) groups excluding carboxylic acids is 1. The van der Waals surface area contributed by atoms with Crippen molar-refractivity contribution in [2.24, 2.45) is 0 Å². The van der Waals surface area contributed by atoms with Gasteiger partial charge in [-0.05, 0) is 33.6 Å². The van der Waals surface area contributed by atoms with Gasteiger partial charge in [0.25, 0.3) is 0 Å². The molecule has 1 amide bonds. The van der Waals surface area contributed by atoms with E-state index in [1.807, 2.05) is 11.8 Å². The summed E-state index contributed by atoms with van der Waals surface area (Å²) in [5.41, 5.74) is 1.12. The van der Waals surface area contributed by atoms with Crippen molar-refractivity contribution in [3.05, 3.63) is 16.1 Å². The molecule has 106 valence electrons. The summed E-state index contributed by atoms with van der Waals surface area (Å²) in [4.78, 5) is 18.6. The largest absolute Gasteiger partial charge is 0.340 e. The number of carbonyl (C=O) groups is 1. The molecule has 1 saturated heterocycles. The Balaban J connectivity index is 1.74. The Morgan fingerprint density at radius 1 is 1.47 bits per heavy atom. The van der Waals surface area contributed by atoms with Crippen LogP contribution in [0, 0.1) is 6.92 Å². The molecule has 1 aromatic rings. The number of rotatable bonds is 4. The lowest BCUT2D eigenvalue weighted by Gasteiger charge is -2.36. The number of hydrogen-bond donors (Lipinski definition) is 1. The minimum Gasteiger partial charge on any atom is -0.340 e. The Morgan fingerprint density at radius 3 is 2.74 bits per heavy atom. The summed E-state index contributed by atoms with van der Waals surface area (Å²) in [5, 5.41) is 6.64. The summed E-state index contributed by atoms with van der Waals surface area (Å²) in [5.74, 6) is 0.284. The van der Waals surface area contributed by atoms with Crippen LogP contribution in [0.1, 0.15) is 37.4 Å². The molecule has 2 atom stereocenters. The van der Waals surface area contributed by atoms with Crippen molar-refractivity contribution in [1.29, 1.82) is 0 Å². The van der Waals surface area contributed by atoms with Crippen LogP contribution < -0.4 is 5.32 Å². The smallest absolute Gasteiger partial charge is 0.222 e. The summed E-state index contributed by atoms with van der Waals surface area (Å²) >= 11 is 1.68. The van der Waals surface area contributed by atoms with Gasteiger partial charge in [-0.3, -0.25) is 4.79 Å². The monoisotopic (exact) mass is 281 g/mol. The van der Waals surface area contributed by atoms with E-state index in [0.717, 1.165) is 36.6 Å². The van der Waals surface area contributed by atoms with Crippen LogP contribution >= 0.6 is 11.3 Å². The lowest BCUT2D eigenvalue weighted by atomic mass is 10.1. The van der Waals surface area contributed by atoms with Crippen LogP contribution in [0.2, 0.25) is 0 Å². The summed E-state index contributed by atoms with van der Waals surface area (Å²) in [6.45, 7) is 7.95. The molecule has 1 aliphatic heterocycles. The van der Waals surface area contributed by atoms with E-state index >= 15 is 0 Å². The Bertz CT molecular complexity index is 422. The predicted octanol–water partition coefficient (Wildman–Crippen LogP) is 1.98. The van der Waals surface area contributed by atoms with Crippen LogP contribution in [0.25, 0.3) is 0 Å². The molecule has 1 aliphatic rings. The molecule has 0 aliphatic carbocycles. The first-order valence-electron chi connectivity index (χ1n) is 6.99. The number of thiazole rings is 1. The van der Waals surface area contributed by atoms with Gasteiger partial charge >= 0.3 is 0 Å². The van der Waals surface area contributed by atoms with Gasteiger partial charge in [0, 0.05) is 37.0 Å². The van der Waals surface area contributed by atoms with Crippen molar-refractivity contribution in [1.82, 2.24) is 15.2 Å². The van der Waals surface area contributed by atoms with Crippen LogP contribution in [0.3, 0.4) is 0 Å². The highest BCUT2D eigenvalue weighted by Crippen LogP contribution is 2.12. The Morgan fingerprint density at radius 2 is 2.16 bits per heavy atom. The molecule has 1 aromatic heterocycles. The molecule has 4 nitrogen and oxygen atoms in total. The fourth-order valence-corrected chi connectivity index (χ4v) is 3.28. The third-order valence-electron chi connectivity index (χ3n) is 3.40. The fourth-order valence-electron chi connectivity index (χ4n) is 2.63. The van der Waals surface area contributed by atoms with Crippen molar-refractivity contribution in [3.8, 4) is 0 Å². The normalized spacial score (nSPS) is 23.6. The Hall–Kier alpha value is -0.940. The molecule has 1 N–H and O–H groups in total. The Kier molecular flexibility index (Phi) is 4.93. The lowest BCUT2D eigenvalue weighted by Crippen LogP contribution is -2.55. The van der Waals surface area contributed by atoms with E-state index in [9.17, 15) is 4.79 Å². The van der Waals surface area contributed by atoms with Crippen LogP contribution in [0.15, 0.2) is 5.38 Å². The molecular formula is C14H23N3OS.